The molecule has 1 fully saturated rings. The number of hydrogen-bond acceptors (Lipinski definition) is 7. The summed E-state index contributed by atoms with van der Waals surface area (Å²) in [5.41, 5.74) is 1.64. The highest BCUT2D eigenvalue weighted by Crippen LogP contribution is 2.26. The molecule has 0 bridgehead atoms. The van der Waals surface area contributed by atoms with Gasteiger partial charge in [-0.3, -0.25) is 9.59 Å². The fourth-order valence-electron chi connectivity index (χ4n) is 3.66. The van der Waals surface area contributed by atoms with Gasteiger partial charge < -0.3 is 19.2 Å². The number of sulfonamides is 1. The quantitative estimate of drug-likeness (QED) is 0.501. The number of amides is 1. The summed E-state index contributed by atoms with van der Waals surface area (Å²) in [4.78, 5) is 24.5. The number of esters is 1. The van der Waals surface area contributed by atoms with Gasteiger partial charge in [-0.1, -0.05) is 0 Å². The number of furan rings is 1. The molecule has 1 aliphatic rings. The molecule has 0 spiro atoms. The predicted octanol–water partition coefficient (Wildman–Crippen LogP) is 2.95. The molecule has 3 aromatic rings. The molecule has 33 heavy (non-hydrogen) atoms. The van der Waals surface area contributed by atoms with Crippen LogP contribution in [0.3, 0.4) is 0 Å². The molecule has 10 heteroatoms. The van der Waals surface area contributed by atoms with E-state index >= 15 is 0 Å². The maximum Gasteiger partial charge on any atom is 0.310 e. The van der Waals surface area contributed by atoms with Crippen LogP contribution in [0.25, 0.3) is 11.0 Å². The van der Waals surface area contributed by atoms with Crippen molar-refractivity contribution < 1.29 is 31.9 Å². The van der Waals surface area contributed by atoms with E-state index in [-0.39, 0.29) is 11.3 Å². The summed E-state index contributed by atoms with van der Waals surface area (Å²) in [6.45, 7) is 0.584. The lowest BCUT2D eigenvalue weighted by Gasteiger charge is -2.15. The van der Waals surface area contributed by atoms with Crippen molar-refractivity contribution in [2.75, 3.05) is 32.1 Å². The third-order valence-electron chi connectivity index (χ3n) is 5.40. The summed E-state index contributed by atoms with van der Waals surface area (Å²) in [5, 5.41) is 3.35. The first kappa shape index (κ1) is 22.8. The van der Waals surface area contributed by atoms with Gasteiger partial charge in [0.15, 0.2) is 6.61 Å². The highest BCUT2D eigenvalue weighted by atomic mass is 32.2. The van der Waals surface area contributed by atoms with Gasteiger partial charge in [-0.2, -0.15) is 4.31 Å². The van der Waals surface area contributed by atoms with Crippen molar-refractivity contribution in [1.29, 1.82) is 0 Å². The van der Waals surface area contributed by atoms with Crippen LogP contribution in [0.4, 0.5) is 5.69 Å². The number of benzene rings is 2. The molecular weight excluding hydrogens is 448 g/mol. The summed E-state index contributed by atoms with van der Waals surface area (Å²) < 4.78 is 42.2. The van der Waals surface area contributed by atoms with Crippen molar-refractivity contribution in [2.24, 2.45) is 0 Å². The Kier molecular flexibility index (Phi) is 6.66. The number of ether oxygens (including phenoxy) is 2. The highest BCUT2D eigenvalue weighted by Gasteiger charge is 2.27. The first-order valence-corrected chi connectivity index (χ1v) is 11.9. The van der Waals surface area contributed by atoms with Gasteiger partial charge in [-0.05, 0) is 49.2 Å². The average molecular weight is 473 g/mol. The summed E-state index contributed by atoms with van der Waals surface area (Å²) in [7, 11) is -1.96. The minimum absolute atomic E-state index is 0.0460. The molecule has 2 heterocycles. The molecule has 1 aliphatic heterocycles. The number of nitrogens with one attached hydrogen (secondary N) is 1. The van der Waals surface area contributed by atoms with Gasteiger partial charge in [0.2, 0.25) is 10.0 Å². The molecule has 0 saturated carbocycles. The van der Waals surface area contributed by atoms with E-state index in [2.05, 4.69) is 5.32 Å². The van der Waals surface area contributed by atoms with E-state index in [4.69, 9.17) is 13.9 Å². The van der Waals surface area contributed by atoms with Crippen molar-refractivity contribution in [3.05, 3.63) is 54.3 Å². The summed E-state index contributed by atoms with van der Waals surface area (Å²) >= 11 is 0. The zero-order chi connectivity index (χ0) is 23.4. The fourth-order valence-corrected chi connectivity index (χ4v) is 5.18. The minimum atomic E-state index is -3.51. The number of hydrogen-bond donors (Lipinski definition) is 1. The van der Waals surface area contributed by atoms with Crippen molar-refractivity contribution >= 4 is 38.6 Å². The third kappa shape index (κ3) is 5.18. The molecule has 1 N–H and O–H groups in total. The van der Waals surface area contributed by atoms with Gasteiger partial charge >= 0.3 is 5.97 Å². The fraction of sp³-hybridized carbons (Fsp3) is 0.304. The first-order chi connectivity index (χ1) is 15.9. The predicted molar refractivity (Wildman–Crippen MR) is 120 cm³/mol. The van der Waals surface area contributed by atoms with Crippen LogP contribution in [-0.4, -0.2) is 51.4 Å². The Morgan fingerprint density at radius 1 is 1.09 bits per heavy atom. The molecule has 0 radical (unpaired) electrons. The van der Waals surface area contributed by atoms with Gasteiger partial charge in [-0.15, -0.1) is 0 Å². The SMILES string of the molecule is COc1ccc2c(CC(=O)OCC(=O)Nc3ccc(S(=O)(=O)N4CCCC4)cc3)coc2c1. The second kappa shape index (κ2) is 9.63. The van der Waals surface area contributed by atoms with Crippen LogP contribution in [0.15, 0.2) is 58.0 Å². The molecule has 9 nitrogen and oxygen atoms in total. The van der Waals surface area contributed by atoms with Gasteiger partial charge in [0.25, 0.3) is 5.91 Å². The van der Waals surface area contributed by atoms with E-state index in [1.807, 2.05) is 0 Å². The lowest BCUT2D eigenvalue weighted by atomic mass is 10.1. The van der Waals surface area contributed by atoms with Crippen molar-refractivity contribution in [2.45, 2.75) is 24.2 Å². The molecule has 0 atom stereocenters. The van der Waals surface area contributed by atoms with E-state index < -0.39 is 28.5 Å². The standard InChI is InChI=1S/C23H24N2O7S/c1-30-18-6-9-20-16(14-31-21(20)13-18)12-23(27)32-15-22(26)24-17-4-7-19(8-5-17)33(28,29)25-10-2-3-11-25/h4-9,13-14H,2-3,10-12,15H2,1H3,(H,24,26). The van der Waals surface area contributed by atoms with Crippen molar-refractivity contribution in [3.63, 3.8) is 0 Å². The van der Waals surface area contributed by atoms with Crippen LogP contribution in [0.5, 0.6) is 5.75 Å². The lowest BCUT2D eigenvalue weighted by molar-refractivity contribution is -0.146. The Balaban J connectivity index is 1.29. The third-order valence-corrected chi connectivity index (χ3v) is 7.32. The second-order valence-electron chi connectivity index (χ2n) is 7.64. The van der Waals surface area contributed by atoms with Crippen molar-refractivity contribution in [1.82, 2.24) is 4.31 Å². The maximum atomic E-state index is 12.6. The lowest BCUT2D eigenvalue weighted by Crippen LogP contribution is -2.27. The molecule has 1 saturated heterocycles. The van der Waals surface area contributed by atoms with E-state index in [0.29, 0.717) is 35.7 Å². The number of carbonyl (C=O) groups excluding carboxylic acids is 2. The Morgan fingerprint density at radius 2 is 1.82 bits per heavy atom. The summed E-state index contributed by atoms with van der Waals surface area (Å²) in [6, 6.07) is 11.2. The van der Waals surface area contributed by atoms with Gasteiger partial charge in [0, 0.05) is 35.8 Å². The van der Waals surface area contributed by atoms with Crippen LogP contribution < -0.4 is 10.1 Å². The average Bonchev–Trinajstić information content (AvgIpc) is 3.49. The van der Waals surface area contributed by atoms with Crippen LogP contribution in [-0.2, 0) is 30.8 Å². The molecule has 1 amide bonds. The number of anilines is 1. The Labute approximate surface area is 191 Å². The Hall–Kier alpha value is -3.37. The number of fused-ring (bicyclic) bond motifs is 1. The van der Waals surface area contributed by atoms with Crippen LogP contribution >= 0.6 is 0 Å². The largest absolute Gasteiger partial charge is 0.497 e. The minimum Gasteiger partial charge on any atom is -0.497 e. The van der Waals surface area contributed by atoms with Gasteiger partial charge in [0.1, 0.15) is 11.3 Å². The normalized spacial score (nSPS) is 14.3. The zero-order valence-electron chi connectivity index (χ0n) is 18.1. The zero-order valence-corrected chi connectivity index (χ0v) is 18.9. The monoisotopic (exact) mass is 472 g/mol. The van der Waals surface area contributed by atoms with E-state index in [1.165, 1.54) is 34.8 Å². The Bertz CT molecular complexity index is 1260. The van der Waals surface area contributed by atoms with E-state index in [9.17, 15) is 18.0 Å². The topological polar surface area (TPSA) is 115 Å². The van der Waals surface area contributed by atoms with Crippen LogP contribution in [0.2, 0.25) is 0 Å². The number of rotatable bonds is 8. The van der Waals surface area contributed by atoms with Crippen LogP contribution in [0, 0.1) is 0 Å². The maximum absolute atomic E-state index is 12.6. The number of nitrogens with zero attached hydrogens (tertiary/aromatic N) is 1. The summed E-state index contributed by atoms with van der Waals surface area (Å²) in [6.07, 6.45) is 3.15. The van der Waals surface area contributed by atoms with E-state index in [1.54, 1.807) is 25.3 Å². The molecule has 0 unspecified atom stereocenters. The smallest absolute Gasteiger partial charge is 0.310 e. The molecular formula is C23H24N2O7S. The molecule has 4 rings (SSSR count). The molecule has 174 valence electrons. The number of methoxy groups -OCH3 is 1. The highest BCUT2D eigenvalue weighted by molar-refractivity contribution is 7.89. The van der Waals surface area contributed by atoms with E-state index in [0.717, 1.165) is 18.2 Å². The Morgan fingerprint density at radius 3 is 2.52 bits per heavy atom. The van der Waals surface area contributed by atoms with Gasteiger partial charge in [-0.25, -0.2) is 8.42 Å². The van der Waals surface area contributed by atoms with Crippen LogP contribution in [0.1, 0.15) is 18.4 Å². The number of carbonyl (C=O) groups is 2. The van der Waals surface area contributed by atoms with Gasteiger partial charge in [0.05, 0.1) is 24.7 Å². The molecule has 1 aromatic heterocycles. The second-order valence-corrected chi connectivity index (χ2v) is 9.58. The first-order valence-electron chi connectivity index (χ1n) is 10.5. The molecule has 0 aliphatic carbocycles. The summed E-state index contributed by atoms with van der Waals surface area (Å²) in [5.74, 6) is -0.458. The van der Waals surface area contributed by atoms with Crippen molar-refractivity contribution in [3.8, 4) is 5.75 Å². The molecule has 2 aromatic carbocycles.